The summed E-state index contributed by atoms with van der Waals surface area (Å²) in [5.41, 5.74) is 2.65. The minimum atomic E-state index is -0.228. The number of carbonyl (C=O) groups is 2. The van der Waals surface area contributed by atoms with Crippen molar-refractivity contribution in [3.63, 3.8) is 0 Å². The highest BCUT2D eigenvalue weighted by Crippen LogP contribution is 2.36. The van der Waals surface area contributed by atoms with E-state index in [2.05, 4.69) is 0 Å². The Labute approximate surface area is 202 Å². The zero-order valence-corrected chi connectivity index (χ0v) is 19.2. The number of ketones is 2. The number of fused-ring (bicyclic) bond motifs is 2. The number of hydrogen-bond donors (Lipinski definition) is 0. The number of hydrogen-bond acceptors (Lipinski definition) is 7. The van der Waals surface area contributed by atoms with Crippen molar-refractivity contribution in [2.24, 2.45) is 0 Å². The Morgan fingerprint density at radius 1 is 0.971 bits per heavy atom. The topological polar surface area (TPSA) is 80.3 Å². The van der Waals surface area contributed by atoms with Crippen molar-refractivity contribution in [2.45, 2.75) is 0 Å². The van der Waals surface area contributed by atoms with Gasteiger partial charge in [-0.25, -0.2) is 0 Å². The van der Waals surface area contributed by atoms with Crippen LogP contribution in [0.4, 0.5) is 0 Å². The molecule has 5 rings (SSSR count). The van der Waals surface area contributed by atoms with Crippen LogP contribution in [0.1, 0.15) is 26.3 Å². The summed E-state index contributed by atoms with van der Waals surface area (Å²) in [6.07, 6.45) is 3.67. The van der Waals surface area contributed by atoms with Crippen LogP contribution in [0.5, 0.6) is 28.7 Å². The quantitative estimate of drug-likeness (QED) is 0.359. The molecule has 2 aliphatic heterocycles. The number of ether oxygens (including phenoxy) is 5. The van der Waals surface area contributed by atoms with Gasteiger partial charge >= 0.3 is 0 Å². The van der Waals surface area contributed by atoms with E-state index < -0.39 is 0 Å². The van der Waals surface area contributed by atoms with Gasteiger partial charge in [-0.3, -0.25) is 9.59 Å². The summed E-state index contributed by atoms with van der Waals surface area (Å²) >= 11 is 0. The van der Waals surface area contributed by atoms with Gasteiger partial charge in [0.1, 0.15) is 23.9 Å². The molecule has 0 aliphatic carbocycles. The van der Waals surface area contributed by atoms with Crippen molar-refractivity contribution in [1.29, 1.82) is 0 Å². The van der Waals surface area contributed by atoms with E-state index in [0.717, 1.165) is 16.9 Å². The number of rotatable bonds is 7. The van der Waals surface area contributed by atoms with E-state index in [0.29, 0.717) is 40.7 Å². The molecular formula is C28H22O7. The van der Waals surface area contributed by atoms with Crippen LogP contribution >= 0.6 is 0 Å². The lowest BCUT2D eigenvalue weighted by atomic mass is 10.1. The molecule has 0 saturated carbocycles. The third-order valence-corrected chi connectivity index (χ3v) is 5.69. The lowest BCUT2D eigenvalue weighted by molar-refractivity contribution is 0.0920. The van der Waals surface area contributed by atoms with Gasteiger partial charge in [-0.1, -0.05) is 18.2 Å². The van der Waals surface area contributed by atoms with Crippen LogP contribution in [0.2, 0.25) is 0 Å². The Hall–Kier alpha value is -4.52. The van der Waals surface area contributed by atoms with E-state index in [-0.39, 0.29) is 23.9 Å². The van der Waals surface area contributed by atoms with Gasteiger partial charge < -0.3 is 23.7 Å². The van der Waals surface area contributed by atoms with E-state index in [4.69, 9.17) is 23.7 Å². The molecule has 35 heavy (non-hydrogen) atoms. The molecule has 3 aromatic rings. The normalized spacial score (nSPS) is 14.9. The molecule has 0 N–H and O–H groups in total. The Bertz CT molecular complexity index is 1380. The van der Waals surface area contributed by atoms with Crippen molar-refractivity contribution in [2.75, 3.05) is 27.4 Å². The molecule has 0 fully saturated rings. The number of Topliss-reactive ketones (excluding diaryl/α,β-unsaturated/α-hetero) is 2. The maximum Gasteiger partial charge on any atom is 0.231 e. The molecule has 2 heterocycles. The van der Waals surface area contributed by atoms with Crippen LogP contribution in [0.3, 0.4) is 0 Å². The zero-order valence-electron chi connectivity index (χ0n) is 19.2. The number of methoxy groups -OCH3 is 2. The van der Waals surface area contributed by atoms with E-state index in [1.54, 1.807) is 42.5 Å². The Kier molecular flexibility index (Phi) is 5.97. The monoisotopic (exact) mass is 470 g/mol. The van der Waals surface area contributed by atoms with Crippen molar-refractivity contribution >= 4 is 17.6 Å². The third kappa shape index (κ3) is 4.48. The SMILES string of the molecule is COc1ccc(C(=O)COc2ccc3c(c2)O/C(=C\C2=Cc4ccccc4OC2)C3=O)cc1OC. The van der Waals surface area contributed by atoms with Gasteiger partial charge in [0.05, 0.1) is 19.8 Å². The summed E-state index contributed by atoms with van der Waals surface area (Å²) in [5.74, 6) is 2.38. The summed E-state index contributed by atoms with van der Waals surface area (Å²) in [4.78, 5) is 25.4. The van der Waals surface area contributed by atoms with Gasteiger partial charge in [0.25, 0.3) is 0 Å². The molecule has 0 unspecified atom stereocenters. The minimum Gasteiger partial charge on any atom is -0.493 e. The van der Waals surface area contributed by atoms with Gasteiger partial charge in [0, 0.05) is 17.2 Å². The Morgan fingerprint density at radius 2 is 1.80 bits per heavy atom. The summed E-state index contributed by atoms with van der Waals surface area (Å²) in [6.45, 7) is 0.161. The highest BCUT2D eigenvalue weighted by atomic mass is 16.5. The number of para-hydroxylation sites is 1. The molecule has 0 radical (unpaired) electrons. The molecule has 2 aliphatic rings. The Balaban J connectivity index is 1.28. The number of carbonyl (C=O) groups excluding carboxylic acids is 2. The van der Waals surface area contributed by atoms with Gasteiger partial charge in [0.15, 0.2) is 29.6 Å². The van der Waals surface area contributed by atoms with Gasteiger partial charge in [-0.2, -0.15) is 0 Å². The number of benzene rings is 3. The standard InChI is InChI=1S/C28H22O7/c1-31-24-10-7-18(13-26(24)32-2)22(29)16-33-20-8-9-21-25(14-20)35-27(28(21)30)12-17-11-19-5-3-4-6-23(19)34-15-17/h3-14H,15-16H2,1-2H3/b27-12-. The first-order valence-electron chi connectivity index (χ1n) is 10.9. The lowest BCUT2D eigenvalue weighted by Gasteiger charge is -2.15. The van der Waals surface area contributed by atoms with Crippen LogP contribution in [-0.4, -0.2) is 39.0 Å². The predicted octanol–water partition coefficient (Wildman–Crippen LogP) is 4.90. The molecule has 176 valence electrons. The molecule has 0 spiro atoms. The summed E-state index contributed by atoms with van der Waals surface area (Å²) < 4.78 is 27.7. The first-order valence-corrected chi connectivity index (χ1v) is 10.9. The second-order valence-electron chi connectivity index (χ2n) is 7.93. The maximum absolute atomic E-state index is 12.8. The summed E-state index contributed by atoms with van der Waals surface area (Å²) in [5, 5.41) is 0. The van der Waals surface area contributed by atoms with Crippen LogP contribution in [0.15, 0.2) is 78.1 Å². The fraction of sp³-hybridized carbons (Fsp3) is 0.143. The van der Waals surface area contributed by atoms with Crippen molar-refractivity contribution < 1.29 is 33.3 Å². The highest BCUT2D eigenvalue weighted by Gasteiger charge is 2.28. The fourth-order valence-electron chi connectivity index (χ4n) is 3.88. The minimum absolute atomic E-state index is 0.186. The number of allylic oxidation sites excluding steroid dienone is 1. The predicted molar refractivity (Wildman–Crippen MR) is 129 cm³/mol. The lowest BCUT2D eigenvalue weighted by Crippen LogP contribution is -2.12. The molecule has 7 nitrogen and oxygen atoms in total. The Morgan fingerprint density at radius 3 is 2.63 bits per heavy atom. The summed E-state index contributed by atoms with van der Waals surface area (Å²) in [6, 6.07) is 17.5. The molecule has 0 saturated heterocycles. The van der Waals surface area contributed by atoms with Crippen molar-refractivity contribution in [3.05, 3.63) is 94.8 Å². The van der Waals surface area contributed by atoms with Gasteiger partial charge in [-0.15, -0.1) is 0 Å². The second-order valence-corrected chi connectivity index (χ2v) is 7.93. The molecule has 0 atom stereocenters. The maximum atomic E-state index is 12.8. The third-order valence-electron chi connectivity index (χ3n) is 5.69. The fourth-order valence-corrected chi connectivity index (χ4v) is 3.88. The van der Waals surface area contributed by atoms with Crippen LogP contribution in [0.25, 0.3) is 6.08 Å². The van der Waals surface area contributed by atoms with E-state index >= 15 is 0 Å². The van der Waals surface area contributed by atoms with Gasteiger partial charge in [0.2, 0.25) is 5.78 Å². The molecule has 3 aromatic carbocycles. The first kappa shape index (κ1) is 22.3. The van der Waals surface area contributed by atoms with Gasteiger partial charge in [-0.05, 0) is 54.1 Å². The van der Waals surface area contributed by atoms with Crippen molar-refractivity contribution in [3.8, 4) is 28.7 Å². The average molecular weight is 470 g/mol. The molecular weight excluding hydrogens is 448 g/mol. The average Bonchev–Trinajstić information content (AvgIpc) is 3.20. The van der Waals surface area contributed by atoms with E-state index in [1.807, 2.05) is 30.3 Å². The molecule has 0 amide bonds. The van der Waals surface area contributed by atoms with E-state index in [9.17, 15) is 9.59 Å². The second kappa shape index (κ2) is 9.38. The summed E-state index contributed by atoms with van der Waals surface area (Å²) in [7, 11) is 3.04. The van der Waals surface area contributed by atoms with Crippen LogP contribution in [0, 0.1) is 0 Å². The van der Waals surface area contributed by atoms with Crippen LogP contribution < -0.4 is 23.7 Å². The smallest absolute Gasteiger partial charge is 0.231 e. The highest BCUT2D eigenvalue weighted by molar-refractivity contribution is 6.12. The first-order chi connectivity index (χ1) is 17.1. The molecule has 0 bridgehead atoms. The zero-order chi connectivity index (χ0) is 24.4. The van der Waals surface area contributed by atoms with Crippen LogP contribution in [-0.2, 0) is 0 Å². The molecule has 0 aromatic heterocycles. The largest absolute Gasteiger partial charge is 0.493 e. The van der Waals surface area contributed by atoms with Crippen molar-refractivity contribution in [1.82, 2.24) is 0 Å². The van der Waals surface area contributed by atoms with E-state index in [1.165, 1.54) is 14.2 Å². The molecule has 7 heteroatoms.